The Morgan fingerprint density at radius 3 is 3.06 bits per heavy atom. The average Bonchev–Trinajstić information content (AvgIpc) is 2.42. The fourth-order valence-electron chi connectivity index (χ4n) is 1.47. The second-order valence-corrected chi connectivity index (χ2v) is 3.58. The van der Waals surface area contributed by atoms with Crippen LogP contribution in [0.2, 0.25) is 0 Å². The molecule has 2 rings (SSSR count). The Hall–Kier alpha value is -2.43. The van der Waals surface area contributed by atoms with Crippen LogP contribution >= 0.6 is 0 Å². The van der Waals surface area contributed by atoms with E-state index in [0.717, 1.165) is 10.9 Å². The number of amides is 1. The highest BCUT2D eigenvalue weighted by molar-refractivity contribution is 5.83. The van der Waals surface area contributed by atoms with Crippen LogP contribution in [0.4, 0.5) is 0 Å². The molecule has 5 nitrogen and oxygen atoms in total. The highest BCUT2D eigenvalue weighted by Crippen LogP contribution is 2.20. The third-order valence-corrected chi connectivity index (χ3v) is 2.29. The van der Waals surface area contributed by atoms with E-state index in [1.165, 1.54) is 6.33 Å². The number of fused-ring (bicyclic) bond motifs is 1. The number of rotatable bonds is 5. The van der Waals surface area contributed by atoms with Crippen LogP contribution in [0.15, 0.2) is 43.2 Å². The van der Waals surface area contributed by atoms with E-state index in [-0.39, 0.29) is 12.5 Å². The number of hydrogen-bond donors (Lipinski definition) is 1. The van der Waals surface area contributed by atoms with Gasteiger partial charge in [-0.1, -0.05) is 18.2 Å². The lowest BCUT2D eigenvalue weighted by Gasteiger charge is -2.07. The number of ether oxygens (including phenoxy) is 1. The minimum atomic E-state index is -0.211. The first-order valence-electron chi connectivity index (χ1n) is 5.51. The molecule has 2 aromatic rings. The Kier molecular flexibility index (Phi) is 3.86. The zero-order valence-corrected chi connectivity index (χ0v) is 9.80. The first kappa shape index (κ1) is 12.0. The number of benzene rings is 1. The van der Waals surface area contributed by atoms with E-state index in [9.17, 15) is 4.79 Å². The predicted octanol–water partition coefficient (Wildman–Crippen LogP) is 1.31. The van der Waals surface area contributed by atoms with Gasteiger partial charge in [-0.3, -0.25) is 4.79 Å². The summed E-state index contributed by atoms with van der Waals surface area (Å²) in [5.74, 6) is 0.201. The Bertz CT molecular complexity index is 564. The number of aromatic nitrogens is 2. The second kappa shape index (κ2) is 5.77. The summed E-state index contributed by atoms with van der Waals surface area (Å²) in [6.45, 7) is 3.86. The van der Waals surface area contributed by atoms with Gasteiger partial charge in [0.1, 0.15) is 6.33 Å². The Morgan fingerprint density at radius 2 is 2.22 bits per heavy atom. The van der Waals surface area contributed by atoms with E-state index in [4.69, 9.17) is 4.74 Å². The molecule has 0 radical (unpaired) electrons. The topological polar surface area (TPSA) is 64.1 Å². The number of hydrogen-bond acceptors (Lipinski definition) is 4. The molecule has 0 fully saturated rings. The van der Waals surface area contributed by atoms with Crippen LogP contribution in [0.5, 0.6) is 5.88 Å². The Labute approximate surface area is 105 Å². The molecule has 0 saturated carbocycles. The van der Waals surface area contributed by atoms with Gasteiger partial charge in [0.2, 0.25) is 5.88 Å². The summed E-state index contributed by atoms with van der Waals surface area (Å²) in [4.78, 5) is 19.5. The number of nitrogens with zero attached hydrogens (tertiary/aromatic N) is 2. The molecule has 0 spiro atoms. The molecule has 0 atom stereocenters. The maximum Gasteiger partial charge on any atom is 0.258 e. The maximum absolute atomic E-state index is 11.4. The molecule has 1 heterocycles. The van der Waals surface area contributed by atoms with Crippen LogP contribution in [0.1, 0.15) is 0 Å². The molecule has 0 bridgehead atoms. The van der Waals surface area contributed by atoms with Gasteiger partial charge in [0, 0.05) is 6.54 Å². The third-order valence-electron chi connectivity index (χ3n) is 2.29. The molecule has 0 saturated heterocycles. The van der Waals surface area contributed by atoms with E-state index < -0.39 is 0 Å². The highest BCUT2D eigenvalue weighted by atomic mass is 16.5. The predicted molar refractivity (Wildman–Crippen MR) is 68.2 cm³/mol. The van der Waals surface area contributed by atoms with Crippen molar-refractivity contribution in [2.75, 3.05) is 13.2 Å². The molecule has 0 aliphatic heterocycles. The monoisotopic (exact) mass is 243 g/mol. The minimum Gasteiger partial charge on any atom is -0.467 e. The second-order valence-electron chi connectivity index (χ2n) is 3.58. The van der Waals surface area contributed by atoms with E-state index in [0.29, 0.717) is 12.4 Å². The zero-order chi connectivity index (χ0) is 12.8. The van der Waals surface area contributed by atoms with Crippen LogP contribution in [0.3, 0.4) is 0 Å². The van der Waals surface area contributed by atoms with Crippen LogP contribution in [-0.4, -0.2) is 29.0 Å². The van der Waals surface area contributed by atoms with Crippen molar-refractivity contribution < 1.29 is 9.53 Å². The molecule has 1 aromatic carbocycles. The largest absolute Gasteiger partial charge is 0.467 e. The summed E-state index contributed by atoms with van der Waals surface area (Å²) in [5, 5.41) is 3.41. The van der Waals surface area contributed by atoms with Crippen LogP contribution in [0, 0.1) is 0 Å². The molecule has 92 valence electrons. The quantitative estimate of drug-likeness (QED) is 0.804. The maximum atomic E-state index is 11.4. The number of carbonyl (C=O) groups is 1. The molecule has 18 heavy (non-hydrogen) atoms. The molecular formula is C13H13N3O2. The molecule has 1 amide bonds. The summed E-state index contributed by atoms with van der Waals surface area (Å²) in [6.07, 6.45) is 3.03. The molecule has 1 N–H and O–H groups in total. The first-order valence-corrected chi connectivity index (χ1v) is 5.51. The van der Waals surface area contributed by atoms with E-state index in [1.54, 1.807) is 6.08 Å². The minimum absolute atomic E-state index is 0.0746. The van der Waals surface area contributed by atoms with Crippen LogP contribution in [0.25, 0.3) is 10.9 Å². The Morgan fingerprint density at radius 1 is 1.39 bits per heavy atom. The first-order chi connectivity index (χ1) is 8.81. The summed E-state index contributed by atoms with van der Waals surface area (Å²) in [7, 11) is 0. The SMILES string of the molecule is C=CCNC(=O)COc1ncnc2ccccc12. The van der Waals surface area contributed by atoms with Crippen molar-refractivity contribution in [3.8, 4) is 5.88 Å². The van der Waals surface area contributed by atoms with Crippen molar-refractivity contribution in [2.24, 2.45) is 0 Å². The van der Waals surface area contributed by atoms with Crippen molar-refractivity contribution in [1.82, 2.24) is 15.3 Å². The van der Waals surface area contributed by atoms with Crippen LogP contribution < -0.4 is 10.1 Å². The van der Waals surface area contributed by atoms with Gasteiger partial charge in [0.25, 0.3) is 5.91 Å². The molecular weight excluding hydrogens is 230 g/mol. The fourth-order valence-corrected chi connectivity index (χ4v) is 1.47. The lowest BCUT2D eigenvalue weighted by molar-refractivity contribution is -0.122. The molecule has 0 unspecified atom stereocenters. The van der Waals surface area contributed by atoms with Gasteiger partial charge in [-0.2, -0.15) is 0 Å². The van der Waals surface area contributed by atoms with Gasteiger partial charge in [-0.25, -0.2) is 9.97 Å². The molecule has 1 aromatic heterocycles. The van der Waals surface area contributed by atoms with Crippen LogP contribution in [-0.2, 0) is 4.79 Å². The van der Waals surface area contributed by atoms with Gasteiger partial charge < -0.3 is 10.1 Å². The van der Waals surface area contributed by atoms with Gasteiger partial charge in [0.05, 0.1) is 10.9 Å². The van der Waals surface area contributed by atoms with Crippen molar-refractivity contribution in [1.29, 1.82) is 0 Å². The van der Waals surface area contributed by atoms with Crippen molar-refractivity contribution >= 4 is 16.8 Å². The summed E-state index contributed by atoms with van der Waals surface area (Å²) >= 11 is 0. The normalized spacial score (nSPS) is 10.0. The number of carbonyl (C=O) groups excluding carboxylic acids is 1. The van der Waals surface area contributed by atoms with Gasteiger partial charge >= 0.3 is 0 Å². The lowest BCUT2D eigenvalue weighted by atomic mass is 10.2. The smallest absolute Gasteiger partial charge is 0.258 e. The van der Waals surface area contributed by atoms with E-state index in [2.05, 4.69) is 21.9 Å². The molecule has 0 aliphatic rings. The van der Waals surface area contributed by atoms with Crippen molar-refractivity contribution in [3.63, 3.8) is 0 Å². The Balaban J connectivity index is 2.08. The fraction of sp³-hybridized carbons (Fsp3) is 0.154. The molecule has 0 aliphatic carbocycles. The van der Waals surface area contributed by atoms with Crippen molar-refractivity contribution in [2.45, 2.75) is 0 Å². The van der Waals surface area contributed by atoms with E-state index in [1.807, 2.05) is 24.3 Å². The van der Waals surface area contributed by atoms with E-state index >= 15 is 0 Å². The van der Waals surface area contributed by atoms with Gasteiger partial charge in [0.15, 0.2) is 6.61 Å². The third kappa shape index (κ3) is 2.82. The number of para-hydroxylation sites is 1. The van der Waals surface area contributed by atoms with Gasteiger partial charge in [-0.05, 0) is 12.1 Å². The lowest BCUT2D eigenvalue weighted by Crippen LogP contribution is -2.29. The standard InChI is InChI=1S/C13H13N3O2/c1-2-7-14-12(17)8-18-13-10-5-3-4-6-11(10)15-9-16-13/h2-6,9H,1,7-8H2,(H,14,17). The summed E-state index contributed by atoms with van der Waals surface area (Å²) in [5.41, 5.74) is 0.786. The average molecular weight is 243 g/mol. The highest BCUT2D eigenvalue weighted by Gasteiger charge is 2.06. The summed E-state index contributed by atoms with van der Waals surface area (Å²) in [6, 6.07) is 7.47. The summed E-state index contributed by atoms with van der Waals surface area (Å²) < 4.78 is 5.38. The number of nitrogens with one attached hydrogen (secondary N) is 1. The van der Waals surface area contributed by atoms with Gasteiger partial charge in [-0.15, -0.1) is 6.58 Å². The molecule has 5 heteroatoms. The zero-order valence-electron chi connectivity index (χ0n) is 9.80. The van der Waals surface area contributed by atoms with Crippen molar-refractivity contribution in [3.05, 3.63) is 43.2 Å².